The minimum Gasteiger partial charge on any atom is -0.481 e. The van der Waals surface area contributed by atoms with E-state index in [9.17, 15) is 28.8 Å². The molecule has 1 amide bonds. The van der Waals surface area contributed by atoms with Gasteiger partial charge in [0, 0.05) is 30.7 Å². The first-order valence-corrected chi connectivity index (χ1v) is 16.3. The number of carboxylic acids is 2. The third-order valence-electron chi connectivity index (χ3n) is 8.22. The van der Waals surface area contributed by atoms with Crippen LogP contribution in [0.25, 0.3) is 0 Å². The highest BCUT2D eigenvalue weighted by atomic mass is 16.5. The van der Waals surface area contributed by atoms with Crippen molar-refractivity contribution < 1.29 is 48.5 Å². The minimum atomic E-state index is -1.14. The van der Waals surface area contributed by atoms with Crippen LogP contribution in [-0.2, 0) is 35.2 Å². The third-order valence-corrected chi connectivity index (χ3v) is 8.22. The Balaban J connectivity index is 2.59. The van der Waals surface area contributed by atoms with Crippen LogP contribution in [0.4, 0.5) is 0 Å². The maximum atomic E-state index is 13.4. The molecule has 47 heavy (non-hydrogen) atoms. The van der Waals surface area contributed by atoms with E-state index in [4.69, 9.17) is 19.7 Å². The fourth-order valence-electron chi connectivity index (χ4n) is 5.55. The topological polar surface area (TPSA) is 173 Å². The van der Waals surface area contributed by atoms with E-state index in [2.05, 4.69) is 24.9 Å². The van der Waals surface area contributed by atoms with E-state index in [1.165, 1.54) is 6.92 Å². The number of aliphatic carboxylic acids is 2. The van der Waals surface area contributed by atoms with Crippen molar-refractivity contribution in [2.45, 2.75) is 117 Å². The average Bonchev–Trinajstić information content (AvgIpc) is 2.98. The summed E-state index contributed by atoms with van der Waals surface area (Å²) in [6.45, 7) is 13.2. The Morgan fingerprint density at radius 2 is 1.53 bits per heavy atom. The average molecular weight is 656 g/mol. The van der Waals surface area contributed by atoms with Crippen molar-refractivity contribution >= 4 is 35.6 Å². The van der Waals surface area contributed by atoms with Gasteiger partial charge in [0.05, 0.1) is 18.8 Å². The lowest BCUT2D eigenvalue weighted by Crippen LogP contribution is -2.41. The molecule has 1 aromatic carbocycles. The fraction of sp³-hybridized carbons (Fsp3) is 0.556. The molecular weight excluding hydrogens is 606 g/mol. The first-order chi connectivity index (χ1) is 22.1. The number of hydrogen-bond donors (Lipinski definition) is 3. The maximum absolute atomic E-state index is 13.4. The van der Waals surface area contributed by atoms with Gasteiger partial charge in [-0.3, -0.25) is 24.0 Å². The van der Waals surface area contributed by atoms with Crippen LogP contribution >= 0.6 is 0 Å². The summed E-state index contributed by atoms with van der Waals surface area (Å²) in [6.07, 6.45) is 5.64. The van der Waals surface area contributed by atoms with Gasteiger partial charge in [-0.15, -0.1) is 0 Å². The van der Waals surface area contributed by atoms with Crippen molar-refractivity contribution in [1.82, 2.24) is 5.32 Å². The SMILES string of the molecule is C=C(C)C1CCC(C)=CC1c1c(OC(=O)[C@H](C)CC(=O)CCC(=O)O)cc(CCCCC)cc1OC(=O)[C@H](C)NC(=O)CCC(=O)O. The van der Waals surface area contributed by atoms with Gasteiger partial charge in [-0.05, 0) is 70.1 Å². The molecule has 258 valence electrons. The zero-order valence-corrected chi connectivity index (χ0v) is 28.2. The van der Waals surface area contributed by atoms with E-state index in [-0.39, 0.29) is 61.2 Å². The second kappa shape index (κ2) is 18.8. The van der Waals surface area contributed by atoms with E-state index in [1.54, 1.807) is 19.1 Å². The molecule has 0 aliphatic heterocycles. The smallest absolute Gasteiger partial charge is 0.333 e. The Kier molecular flexibility index (Phi) is 15.5. The molecule has 0 aromatic heterocycles. The summed E-state index contributed by atoms with van der Waals surface area (Å²) in [4.78, 5) is 73.2. The molecule has 1 aromatic rings. The Hall–Kier alpha value is -4.28. The van der Waals surface area contributed by atoms with Gasteiger partial charge in [-0.1, -0.05) is 50.5 Å². The number of aryl methyl sites for hydroxylation is 1. The molecule has 0 bridgehead atoms. The van der Waals surface area contributed by atoms with E-state index >= 15 is 0 Å². The number of benzene rings is 1. The van der Waals surface area contributed by atoms with Crippen molar-refractivity contribution in [3.8, 4) is 11.5 Å². The lowest BCUT2D eigenvalue weighted by Gasteiger charge is -2.33. The predicted molar refractivity (Wildman–Crippen MR) is 175 cm³/mol. The number of Topliss-reactive ketones (excluding diaryl/α,β-unsaturated/α-hetero) is 1. The highest BCUT2D eigenvalue weighted by Crippen LogP contribution is 2.47. The van der Waals surface area contributed by atoms with Gasteiger partial charge in [0.25, 0.3) is 0 Å². The van der Waals surface area contributed by atoms with Crippen molar-refractivity contribution in [2.75, 3.05) is 0 Å². The molecule has 2 unspecified atom stereocenters. The summed E-state index contributed by atoms with van der Waals surface area (Å²) in [7, 11) is 0. The molecule has 0 spiro atoms. The number of allylic oxidation sites excluding steroid dienone is 3. The summed E-state index contributed by atoms with van der Waals surface area (Å²) in [5.74, 6) is -5.61. The van der Waals surface area contributed by atoms with Crippen LogP contribution in [0.15, 0.2) is 35.9 Å². The van der Waals surface area contributed by atoms with Gasteiger partial charge in [0.2, 0.25) is 5.91 Å². The molecule has 0 fully saturated rings. The lowest BCUT2D eigenvalue weighted by atomic mass is 9.73. The lowest BCUT2D eigenvalue weighted by molar-refractivity contribution is -0.141. The molecule has 11 nitrogen and oxygen atoms in total. The van der Waals surface area contributed by atoms with Crippen LogP contribution < -0.4 is 14.8 Å². The number of ketones is 1. The van der Waals surface area contributed by atoms with Crippen LogP contribution in [0.2, 0.25) is 0 Å². The van der Waals surface area contributed by atoms with Crippen LogP contribution in [0.3, 0.4) is 0 Å². The van der Waals surface area contributed by atoms with Crippen molar-refractivity contribution in [3.63, 3.8) is 0 Å². The third kappa shape index (κ3) is 12.8. The highest BCUT2D eigenvalue weighted by molar-refractivity contribution is 5.88. The first-order valence-electron chi connectivity index (χ1n) is 16.3. The number of rotatable bonds is 19. The van der Waals surface area contributed by atoms with E-state index in [1.807, 2.05) is 13.8 Å². The second-order valence-corrected chi connectivity index (χ2v) is 12.6. The molecular formula is C36H49NO10. The number of nitrogens with one attached hydrogen (secondary N) is 1. The predicted octanol–water partition coefficient (Wildman–Crippen LogP) is 6.08. The van der Waals surface area contributed by atoms with E-state index < -0.39 is 41.7 Å². The maximum Gasteiger partial charge on any atom is 0.333 e. The molecule has 2 rings (SSSR count). The number of hydrogen-bond acceptors (Lipinski definition) is 8. The van der Waals surface area contributed by atoms with Gasteiger partial charge in [0.15, 0.2) is 0 Å². The number of carboxylic acid groups (broad SMARTS) is 2. The van der Waals surface area contributed by atoms with Gasteiger partial charge in [0.1, 0.15) is 23.3 Å². The zero-order chi connectivity index (χ0) is 35.3. The zero-order valence-electron chi connectivity index (χ0n) is 28.2. The molecule has 1 aliphatic carbocycles. The molecule has 11 heteroatoms. The van der Waals surface area contributed by atoms with Crippen LogP contribution in [-0.4, -0.2) is 51.8 Å². The number of ether oxygens (including phenoxy) is 2. The molecule has 0 heterocycles. The van der Waals surface area contributed by atoms with Gasteiger partial charge in [-0.2, -0.15) is 0 Å². The Morgan fingerprint density at radius 3 is 2.11 bits per heavy atom. The number of amides is 1. The van der Waals surface area contributed by atoms with Crippen LogP contribution in [0.1, 0.15) is 116 Å². The Labute approximate surface area is 276 Å². The van der Waals surface area contributed by atoms with Crippen molar-refractivity contribution in [3.05, 3.63) is 47.1 Å². The van der Waals surface area contributed by atoms with Gasteiger partial charge < -0.3 is 25.0 Å². The number of carbonyl (C=O) groups excluding carboxylic acids is 4. The molecule has 0 saturated heterocycles. The number of unbranched alkanes of at least 4 members (excludes halogenated alkanes) is 2. The molecule has 1 aliphatic rings. The number of esters is 2. The molecule has 0 saturated carbocycles. The quantitative estimate of drug-likeness (QED) is 0.0686. The van der Waals surface area contributed by atoms with E-state index in [0.29, 0.717) is 12.0 Å². The largest absolute Gasteiger partial charge is 0.481 e. The molecule has 3 N–H and O–H groups in total. The normalized spacial score (nSPS) is 17.1. The van der Waals surface area contributed by atoms with Crippen molar-refractivity contribution in [2.24, 2.45) is 11.8 Å². The standard InChI is InChI=1S/C36H49NO10/c1-7-8-9-10-25-19-29(46-35(44)23(5)18-26(38)12-15-32(40)41)34(28-17-22(4)11-13-27(28)21(2)3)30(20-25)47-36(45)24(6)37-31(39)14-16-33(42)43/h17,19-20,23-24,27-28H,2,7-16,18H2,1,3-6H3,(H,37,39)(H,40,41)(H,42,43)/t23-,24+,27?,28?/m1/s1. The minimum absolute atomic E-state index is 0.0669. The van der Waals surface area contributed by atoms with Crippen LogP contribution in [0, 0.1) is 11.8 Å². The summed E-state index contributed by atoms with van der Waals surface area (Å²) in [5.41, 5.74) is 3.23. The summed E-state index contributed by atoms with van der Waals surface area (Å²) >= 11 is 0. The molecule has 0 radical (unpaired) electrons. The summed E-state index contributed by atoms with van der Waals surface area (Å²) < 4.78 is 12.0. The Morgan fingerprint density at radius 1 is 0.936 bits per heavy atom. The van der Waals surface area contributed by atoms with Gasteiger partial charge in [-0.25, -0.2) is 4.79 Å². The summed E-state index contributed by atoms with van der Waals surface area (Å²) in [6, 6.07) is 2.42. The molecule has 4 atom stereocenters. The Bertz CT molecular complexity index is 1300. The first kappa shape index (κ1) is 38.9. The second-order valence-electron chi connectivity index (χ2n) is 12.6. The monoisotopic (exact) mass is 655 g/mol. The highest BCUT2D eigenvalue weighted by Gasteiger charge is 2.34. The number of carbonyl (C=O) groups is 6. The van der Waals surface area contributed by atoms with E-state index in [0.717, 1.165) is 48.8 Å². The van der Waals surface area contributed by atoms with Crippen molar-refractivity contribution in [1.29, 1.82) is 0 Å². The van der Waals surface area contributed by atoms with Crippen LogP contribution in [0.5, 0.6) is 11.5 Å². The summed E-state index contributed by atoms with van der Waals surface area (Å²) in [5, 5.41) is 20.3. The van der Waals surface area contributed by atoms with Gasteiger partial charge >= 0.3 is 23.9 Å². The fourth-order valence-corrected chi connectivity index (χ4v) is 5.55.